The maximum Gasteiger partial charge on any atom is 0.238 e. The van der Waals surface area contributed by atoms with Crippen LogP contribution >= 0.6 is 11.3 Å². The van der Waals surface area contributed by atoms with Crippen molar-refractivity contribution in [1.82, 2.24) is 19.5 Å². The van der Waals surface area contributed by atoms with E-state index in [1.54, 1.807) is 0 Å². The number of rotatable bonds is 4. The zero-order valence-corrected chi connectivity index (χ0v) is 24.4. The van der Waals surface area contributed by atoms with Crippen molar-refractivity contribution >= 4 is 53.3 Å². The summed E-state index contributed by atoms with van der Waals surface area (Å²) in [4.78, 5) is 15.1. The van der Waals surface area contributed by atoms with Gasteiger partial charge >= 0.3 is 0 Å². The first kappa shape index (κ1) is 24.9. The van der Waals surface area contributed by atoms with E-state index in [0.29, 0.717) is 17.6 Å². The number of fused-ring (bicyclic) bond motifs is 6. The fourth-order valence-corrected chi connectivity index (χ4v) is 7.46. The van der Waals surface area contributed by atoms with Crippen LogP contribution in [0, 0.1) is 0 Å². The van der Waals surface area contributed by atoms with Crippen molar-refractivity contribution < 1.29 is 0 Å². The molecule has 206 valence electrons. The lowest BCUT2D eigenvalue weighted by Crippen LogP contribution is -2.06. The van der Waals surface area contributed by atoms with Crippen LogP contribution in [0.2, 0.25) is 0 Å². The fraction of sp³-hybridized carbons (Fsp3) is 0. The van der Waals surface area contributed by atoms with Crippen LogP contribution in [0.3, 0.4) is 0 Å². The smallest absolute Gasteiger partial charge is 0.238 e. The van der Waals surface area contributed by atoms with Crippen LogP contribution in [-0.4, -0.2) is 19.5 Å². The van der Waals surface area contributed by atoms with Gasteiger partial charge < -0.3 is 0 Å². The van der Waals surface area contributed by atoms with Gasteiger partial charge in [0.15, 0.2) is 11.6 Å². The van der Waals surface area contributed by atoms with E-state index in [-0.39, 0.29) is 0 Å². The van der Waals surface area contributed by atoms with Crippen molar-refractivity contribution in [2.45, 2.75) is 0 Å². The van der Waals surface area contributed by atoms with Gasteiger partial charge in [0.1, 0.15) is 0 Å². The third-order valence-corrected chi connectivity index (χ3v) is 9.50. The molecule has 0 unspecified atom stereocenters. The summed E-state index contributed by atoms with van der Waals surface area (Å²) in [7, 11) is 0. The molecule has 5 heteroatoms. The largest absolute Gasteiger partial charge is 0.278 e. The van der Waals surface area contributed by atoms with Crippen molar-refractivity contribution in [3.05, 3.63) is 146 Å². The summed E-state index contributed by atoms with van der Waals surface area (Å²) in [6.07, 6.45) is 0. The molecule has 9 rings (SSSR count). The monoisotopic (exact) mass is 580 g/mol. The van der Waals surface area contributed by atoms with Gasteiger partial charge in [-0.15, -0.1) is 11.3 Å². The molecular formula is C39H24N4S. The Balaban J connectivity index is 1.33. The van der Waals surface area contributed by atoms with Crippen LogP contribution in [0.15, 0.2) is 146 Å². The highest BCUT2D eigenvalue weighted by molar-refractivity contribution is 7.26. The van der Waals surface area contributed by atoms with Crippen LogP contribution in [0.5, 0.6) is 0 Å². The molecule has 0 spiro atoms. The number of hydrogen-bond donors (Lipinski definition) is 0. The Kier molecular flexibility index (Phi) is 5.64. The molecule has 4 nitrogen and oxygen atoms in total. The normalized spacial score (nSPS) is 11.6. The van der Waals surface area contributed by atoms with Crippen LogP contribution in [0.1, 0.15) is 0 Å². The summed E-state index contributed by atoms with van der Waals surface area (Å²) in [5.74, 6) is 1.89. The lowest BCUT2D eigenvalue weighted by Gasteiger charge is -2.11. The van der Waals surface area contributed by atoms with Gasteiger partial charge in [0.25, 0.3) is 0 Å². The molecule has 0 aliphatic carbocycles. The van der Waals surface area contributed by atoms with E-state index in [9.17, 15) is 0 Å². The maximum atomic E-state index is 5.10. The second-order valence-corrected chi connectivity index (χ2v) is 11.9. The van der Waals surface area contributed by atoms with Gasteiger partial charge in [-0.3, -0.25) is 4.57 Å². The van der Waals surface area contributed by atoms with E-state index in [4.69, 9.17) is 15.0 Å². The quantitative estimate of drug-likeness (QED) is 0.208. The third kappa shape index (κ3) is 3.94. The van der Waals surface area contributed by atoms with Gasteiger partial charge in [-0.25, -0.2) is 4.98 Å². The highest BCUT2D eigenvalue weighted by Gasteiger charge is 2.19. The second kappa shape index (κ2) is 9.97. The molecule has 0 fully saturated rings. The lowest BCUT2D eigenvalue weighted by molar-refractivity contribution is 0.953. The Labute approximate surface area is 257 Å². The average molecular weight is 581 g/mol. The van der Waals surface area contributed by atoms with Gasteiger partial charge in [0.2, 0.25) is 5.95 Å². The fourth-order valence-electron chi connectivity index (χ4n) is 6.23. The summed E-state index contributed by atoms with van der Waals surface area (Å²) in [6, 6.07) is 50.8. The number of hydrogen-bond acceptors (Lipinski definition) is 4. The summed E-state index contributed by atoms with van der Waals surface area (Å²) in [5, 5.41) is 4.92. The number of nitrogens with zero attached hydrogens (tertiary/aromatic N) is 4. The van der Waals surface area contributed by atoms with Crippen molar-refractivity contribution in [1.29, 1.82) is 0 Å². The standard InChI is InChI=1S/C39H24N4S/c1-3-12-25(13-4-1)37-40-38(26-14-5-2-6-15-26)42-39(41-37)43-33-20-9-7-16-29(33)30-23-22-27(24-34(30)43)28-18-11-19-32-31-17-8-10-21-35(31)44-36(28)32/h1-24H. The molecule has 0 aliphatic heterocycles. The number of benzene rings is 6. The zero-order chi connectivity index (χ0) is 29.0. The molecular weight excluding hydrogens is 557 g/mol. The predicted octanol–water partition coefficient (Wildman–Crippen LogP) is 10.3. The van der Waals surface area contributed by atoms with Crippen LogP contribution in [-0.2, 0) is 0 Å². The molecule has 0 saturated carbocycles. The molecule has 44 heavy (non-hydrogen) atoms. The Morgan fingerprint density at radius 3 is 1.80 bits per heavy atom. The minimum absolute atomic E-state index is 0.598. The Morgan fingerprint density at radius 2 is 1.05 bits per heavy atom. The topological polar surface area (TPSA) is 43.6 Å². The summed E-state index contributed by atoms with van der Waals surface area (Å²) in [6.45, 7) is 0. The highest BCUT2D eigenvalue weighted by atomic mass is 32.1. The van der Waals surface area contributed by atoms with Gasteiger partial charge in [-0.2, -0.15) is 9.97 Å². The Bertz CT molecular complexity index is 2440. The minimum Gasteiger partial charge on any atom is -0.278 e. The summed E-state index contributed by atoms with van der Waals surface area (Å²) < 4.78 is 4.80. The molecule has 3 aromatic heterocycles. The molecule has 0 radical (unpaired) electrons. The van der Waals surface area contributed by atoms with Crippen LogP contribution < -0.4 is 0 Å². The second-order valence-electron chi connectivity index (χ2n) is 10.9. The van der Waals surface area contributed by atoms with Gasteiger partial charge in [0.05, 0.1) is 11.0 Å². The number of aromatic nitrogens is 4. The first-order chi connectivity index (χ1) is 21.8. The van der Waals surface area contributed by atoms with Crippen LogP contribution in [0.4, 0.5) is 0 Å². The average Bonchev–Trinajstić information content (AvgIpc) is 3.64. The SMILES string of the molecule is c1ccc(-c2nc(-c3ccccc3)nc(-n3c4ccccc4c4ccc(-c5cccc6c5sc5ccccc56)cc43)n2)cc1. The molecule has 6 aromatic carbocycles. The molecule has 0 amide bonds. The van der Waals surface area contributed by atoms with E-state index in [1.165, 1.54) is 31.3 Å². The van der Waals surface area contributed by atoms with E-state index in [0.717, 1.165) is 32.9 Å². The summed E-state index contributed by atoms with van der Waals surface area (Å²) in [5.41, 5.74) is 6.42. The van der Waals surface area contributed by atoms with Crippen molar-refractivity contribution in [2.24, 2.45) is 0 Å². The third-order valence-electron chi connectivity index (χ3n) is 8.28. The highest BCUT2D eigenvalue weighted by Crippen LogP contribution is 2.41. The number of thiophene rings is 1. The first-order valence-corrected chi connectivity index (χ1v) is 15.4. The van der Waals surface area contributed by atoms with Crippen molar-refractivity contribution in [3.8, 4) is 39.9 Å². The summed E-state index contributed by atoms with van der Waals surface area (Å²) >= 11 is 1.85. The maximum absolute atomic E-state index is 5.10. The Hall–Kier alpha value is -5.65. The molecule has 0 saturated heterocycles. The predicted molar refractivity (Wildman–Crippen MR) is 183 cm³/mol. The molecule has 3 heterocycles. The van der Waals surface area contributed by atoms with Gasteiger partial charge in [-0.05, 0) is 29.3 Å². The molecule has 0 N–H and O–H groups in total. The Morgan fingerprint density at radius 1 is 0.432 bits per heavy atom. The molecule has 0 atom stereocenters. The van der Waals surface area contributed by atoms with Crippen molar-refractivity contribution in [2.75, 3.05) is 0 Å². The van der Waals surface area contributed by atoms with E-state index >= 15 is 0 Å². The molecule has 9 aromatic rings. The minimum atomic E-state index is 0.598. The molecule has 0 aliphatic rings. The van der Waals surface area contributed by atoms with Gasteiger partial charge in [0, 0.05) is 42.1 Å². The first-order valence-electron chi connectivity index (χ1n) is 14.6. The zero-order valence-electron chi connectivity index (χ0n) is 23.6. The van der Waals surface area contributed by atoms with Crippen LogP contribution in [0.25, 0.3) is 81.8 Å². The lowest BCUT2D eigenvalue weighted by atomic mass is 10.0. The molecule has 0 bridgehead atoms. The van der Waals surface area contributed by atoms with Gasteiger partial charge in [-0.1, -0.05) is 127 Å². The number of para-hydroxylation sites is 1. The van der Waals surface area contributed by atoms with Crippen molar-refractivity contribution in [3.63, 3.8) is 0 Å². The van der Waals surface area contributed by atoms with E-state index < -0.39 is 0 Å². The van der Waals surface area contributed by atoms with E-state index in [2.05, 4.69) is 89.5 Å². The van der Waals surface area contributed by atoms with E-state index in [1.807, 2.05) is 72.0 Å².